The van der Waals surface area contributed by atoms with E-state index in [2.05, 4.69) is 26.1 Å². The molecule has 0 unspecified atom stereocenters. The molecule has 2 aromatic rings. The number of anilines is 1. The van der Waals surface area contributed by atoms with Crippen molar-refractivity contribution in [3.05, 3.63) is 58.1 Å². The van der Waals surface area contributed by atoms with E-state index < -0.39 is 0 Å². The lowest BCUT2D eigenvalue weighted by Crippen LogP contribution is -2.14. The molecular weight excluding hydrogens is 357 g/mol. The maximum absolute atomic E-state index is 12.0. The average molecular weight is 380 g/mol. The molecule has 0 fully saturated rings. The van der Waals surface area contributed by atoms with Crippen LogP contribution in [0.1, 0.15) is 39.2 Å². The van der Waals surface area contributed by atoms with Crippen molar-refractivity contribution in [1.29, 1.82) is 0 Å². The molecule has 0 aliphatic rings. The second-order valence-corrected chi connectivity index (χ2v) is 7.75. The van der Waals surface area contributed by atoms with Gasteiger partial charge in [-0.05, 0) is 47.7 Å². The standard InChI is InChI=1S/C20H23Cl2NO2/c1-20(2,3)14-6-9-16(10-7-14)23-19(24)5-4-12-25-18-11-8-15(21)13-17(18)22/h6-11,13H,4-5,12H2,1-3H3,(H,23,24). The summed E-state index contributed by atoms with van der Waals surface area (Å²) in [7, 11) is 0. The predicted molar refractivity (Wildman–Crippen MR) is 105 cm³/mol. The lowest BCUT2D eigenvalue weighted by molar-refractivity contribution is -0.116. The van der Waals surface area contributed by atoms with Crippen molar-refractivity contribution in [2.45, 2.75) is 39.0 Å². The molecule has 0 radical (unpaired) electrons. The highest BCUT2D eigenvalue weighted by Crippen LogP contribution is 2.27. The smallest absolute Gasteiger partial charge is 0.224 e. The Morgan fingerprint density at radius 1 is 1.08 bits per heavy atom. The van der Waals surface area contributed by atoms with E-state index in [9.17, 15) is 4.79 Å². The fourth-order valence-electron chi connectivity index (χ4n) is 2.28. The Morgan fingerprint density at radius 2 is 1.76 bits per heavy atom. The summed E-state index contributed by atoms with van der Waals surface area (Å²) in [5.41, 5.74) is 2.14. The number of carbonyl (C=O) groups excluding carboxylic acids is 1. The summed E-state index contributed by atoms with van der Waals surface area (Å²) in [5.74, 6) is 0.540. The summed E-state index contributed by atoms with van der Waals surface area (Å²) >= 11 is 11.9. The van der Waals surface area contributed by atoms with E-state index in [4.69, 9.17) is 27.9 Å². The van der Waals surface area contributed by atoms with Gasteiger partial charge in [0.2, 0.25) is 5.91 Å². The van der Waals surface area contributed by atoms with E-state index in [1.807, 2.05) is 24.3 Å². The van der Waals surface area contributed by atoms with Crippen molar-refractivity contribution in [1.82, 2.24) is 0 Å². The van der Waals surface area contributed by atoms with Crippen LogP contribution in [0, 0.1) is 0 Å². The minimum Gasteiger partial charge on any atom is -0.492 e. The average Bonchev–Trinajstić information content (AvgIpc) is 2.53. The fourth-order valence-corrected chi connectivity index (χ4v) is 2.75. The van der Waals surface area contributed by atoms with Crippen LogP contribution in [0.25, 0.3) is 0 Å². The molecule has 0 aliphatic heterocycles. The molecule has 0 spiro atoms. The number of carbonyl (C=O) groups is 1. The topological polar surface area (TPSA) is 38.3 Å². The third-order valence-electron chi connectivity index (χ3n) is 3.73. The molecule has 1 amide bonds. The van der Waals surface area contributed by atoms with Crippen LogP contribution in [0.5, 0.6) is 5.75 Å². The van der Waals surface area contributed by atoms with Crippen molar-refractivity contribution in [3.63, 3.8) is 0 Å². The minimum absolute atomic E-state index is 0.0330. The van der Waals surface area contributed by atoms with Gasteiger partial charge in [-0.2, -0.15) is 0 Å². The van der Waals surface area contributed by atoms with E-state index in [1.165, 1.54) is 5.56 Å². The number of benzene rings is 2. The zero-order chi connectivity index (χ0) is 18.4. The first kappa shape index (κ1) is 19.6. The molecule has 0 atom stereocenters. The summed E-state index contributed by atoms with van der Waals surface area (Å²) in [5, 5.41) is 3.93. The van der Waals surface area contributed by atoms with Gasteiger partial charge in [-0.1, -0.05) is 56.1 Å². The summed E-state index contributed by atoms with van der Waals surface area (Å²) in [6.07, 6.45) is 0.983. The van der Waals surface area contributed by atoms with E-state index >= 15 is 0 Å². The highest BCUT2D eigenvalue weighted by molar-refractivity contribution is 6.35. The highest BCUT2D eigenvalue weighted by Gasteiger charge is 2.13. The van der Waals surface area contributed by atoms with Gasteiger partial charge in [-0.15, -0.1) is 0 Å². The normalized spacial score (nSPS) is 11.2. The molecule has 25 heavy (non-hydrogen) atoms. The lowest BCUT2D eigenvalue weighted by Gasteiger charge is -2.19. The van der Waals surface area contributed by atoms with Crippen molar-refractivity contribution < 1.29 is 9.53 Å². The largest absolute Gasteiger partial charge is 0.492 e. The first-order valence-electron chi connectivity index (χ1n) is 8.24. The Hall–Kier alpha value is -1.71. The molecule has 5 heteroatoms. The van der Waals surface area contributed by atoms with Crippen LogP contribution in [0.4, 0.5) is 5.69 Å². The highest BCUT2D eigenvalue weighted by atomic mass is 35.5. The van der Waals surface area contributed by atoms with Crippen LogP contribution in [-0.4, -0.2) is 12.5 Å². The molecule has 134 valence electrons. The maximum Gasteiger partial charge on any atom is 0.224 e. The molecule has 0 heterocycles. The Bertz CT molecular complexity index is 721. The van der Waals surface area contributed by atoms with Crippen LogP contribution in [0.15, 0.2) is 42.5 Å². The molecule has 0 saturated heterocycles. The van der Waals surface area contributed by atoms with Crippen molar-refractivity contribution in [2.75, 3.05) is 11.9 Å². The second kappa shape index (κ2) is 8.59. The van der Waals surface area contributed by atoms with Gasteiger partial charge in [0.05, 0.1) is 11.6 Å². The summed E-state index contributed by atoms with van der Waals surface area (Å²) in [4.78, 5) is 12.0. The van der Waals surface area contributed by atoms with E-state index in [1.54, 1.807) is 18.2 Å². The van der Waals surface area contributed by atoms with Crippen LogP contribution >= 0.6 is 23.2 Å². The van der Waals surface area contributed by atoms with Crippen LogP contribution in [0.3, 0.4) is 0 Å². The maximum atomic E-state index is 12.0. The molecular formula is C20H23Cl2NO2. The van der Waals surface area contributed by atoms with Crippen LogP contribution in [-0.2, 0) is 10.2 Å². The third kappa shape index (κ3) is 6.26. The lowest BCUT2D eigenvalue weighted by atomic mass is 9.87. The summed E-state index contributed by atoms with van der Waals surface area (Å²) in [6.45, 7) is 6.90. The SMILES string of the molecule is CC(C)(C)c1ccc(NC(=O)CCCOc2ccc(Cl)cc2Cl)cc1. The van der Waals surface area contributed by atoms with Gasteiger partial charge in [0, 0.05) is 17.1 Å². The Labute approximate surface area is 159 Å². The zero-order valence-corrected chi connectivity index (χ0v) is 16.2. The van der Waals surface area contributed by atoms with Gasteiger partial charge in [0.1, 0.15) is 5.75 Å². The quantitative estimate of drug-likeness (QED) is 0.616. The number of hydrogen-bond acceptors (Lipinski definition) is 2. The predicted octanol–water partition coefficient (Wildman–Crippen LogP) is 6.09. The molecule has 0 saturated carbocycles. The Kier molecular flexibility index (Phi) is 6.74. The number of nitrogens with one attached hydrogen (secondary N) is 1. The van der Waals surface area contributed by atoms with Gasteiger partial charge < -0.3 is 10.1 Å². The Morgan fingerprint density at radius 3 is 2.36 bits per heavy atom. The van der Waals surface area contributed by atoms with E-state index in [0.29, 0.717) is 35.2 Å². The summed E-state index contributed by atoms with van der Waals surface area (Å²) in [6, 6.07) is 13.0. The zero-order valence-electron chi connectivity index (χ0n) is 14.7. The number of halogens is 2. The molecule has 0 bridgehead atoms. The molecule has 0 aliphatic carbocycles. The first-order chi connectivity index (χ1) is 11.8. The molecule has 0 aromatic heterocycles. The van der Waals surface area contributed by atoms with Gasteiger partial charge in [0.15, 0.2) is 0 Å². The van der Waals surface area contributed by atoms with Crippen LogP contribution < -0.4 is 10.1 Å². The van der Waals surface area contributed by atoms with Crippen molar-refractivity contribution >= 4 is 34.8 Å². The number of amides is 1. The second-order valence-electron chi connectivity index (χ2n) is 6.90. The van der Waals surface area contributed by atoms with Gasteiger partial charge in [-0.25, -0.2) is 0 Å². The summed E-state index contributed by atoms with van der Waals surface area (Å²) < 4.78 is 5.57. The molecule has 3 nitrogen and oxygen atoms in total. The Balaban J connectivity index is 1.75. The fraction of sp³-hybridized carbons (Fsp3) is 0.350. The van der Waals surface area contributed by atoms with Gasteiger partial charge in [0.25, 0.3) is 0 Å². The van der Waals surface area contributed by atoms with Crippen molar-refractivity contribution in [2.24, 2.45) is 0 Å². The molecule has 2 aromatic carbocycles. The monoisotopic (exact) mass is 379 g/mol. The van der Waals surface area contributed by atoms with Gasteiger partial charge >= 0.3 is 0 Å². The van der Waals surface area contributed by atoms with Crippen molar-refractivity contribution in [3.8, 4) is 5.75 Å². The minimum atomic E-state index is -0.0330. The van der Waals surface area contributed by atoms with Gasteiger partial charge in [-0.3, -0.25) is 4.79 Å². The number of hydrogen-bond donors (Lipinski definition) is 1. The van der Waals surface area contributed by atoms with E-state index in [-0.39, 0.29) is 11.3 Å². The third-order valence-corrected chi connectivity index (χ3v) is 4.26. The molecule has 2 rings (SSSR count). The number of ether oxygens (including phenoxy) is 1. The molecule has 1 N–H and O–H groups in total. The van der Waals surface area contributed by atoms with E-state index in [0.717, 1.165) is 5.69 Å². The number of rotatable bonds is 6. The van der Waals surface area contributed by atoms with Crippen LogP contribution in [0.2, 0.25) is 10.0 Å². The first-order valence-corrected chi connectivity index (χ1v) is 8.99.